The highest BCUT2D eigenvalue weighted by atomic mass is 79.9. The summed E-state index contributed by atoms with van der Waals surface area (Å²) in [5.41, 5.74) is 5.37. The maximum Gasteiger partial charge on any atom is 0.125 e. The van der Waals surface area contributed by atoms with E-state index >= 15 is 0 Å². The second-order valence-corrected chi connectivity index (χ2v) is 6.87. The van der Waals surface area contributed by atoms with Crippen LogP contribution in [-0.4, -0.2) is 13.7 Å². The van der Waals surface area contributed by atoms with Gasteiger partial charge in [-0.05, 0) is 65.5 Å². The summed E-state index contributed by atoms with van der Waals surface area (Å²) in [7, 11) is 2.03. The smallest absolute Gasteiger partial charge is 0.125 e. The highest BCUT2D eigenvalue weighted by molar-refractivity contribution is 9.10. The zero-order valence-corrected chi connectivity index (χ0v) is 14.1. The summed E-state index contributed by atoms with van der Waals surface area (Å²) in [4.78, 5) is 0. The van der Waals surface area contributed by atoms with E-state index in [1.165, 1.54) is 22.3 Å². The highest BCUT2D eigenvalue weighted by Crippen LogP contribution is 2.36. The molecule has 0 saturated heterocycles. The van der Waals surface area contributed by atoms with Crippen LogP contribution in [-0.2, 0) is 12.8 Å². The predicted molar refractivity (Wildman–Crippen MR) is 87.9 cm³/mol. The number of aryl methyl sites for hydroxylation is 1. The number of fused-ring (bicyclic) bond motifs is 1. The monoisotopic (exact) mass is 351 g/mol. The number of hydrogen-bond donors (Lipinski definition) is 1. The molecular weight excluding hydrogens is 334 g/mol. The molecule has 1 atom stereocenters. The summed E-state index contributed by atoms with van der Waals surface area (Å²) < 4.78 is 6.98. The molecule has 1 aliphatic heterocycles. The third-order valence-electron chi connectivity index (χ3n) is 3.87. The summed E-state index contributed by atoms with van der Waals surface area (Å²) in [5.74, 6) is 1.10. The van der Waals surface area contributed by atoms with Crippen LogP contribution in [0.2, 0.25) is 0 Å². The normalized spacial score (nSPS) is 14.9. The van der Waals surface area contributed by atoms with Crippen LogP contribution in [0.4, 0.5) is 0 Å². The fraction of sp³-hybridized carbons (Fsp3) is 0.375. The summed E-state index contributed by atoms with van der Waals surface area (Å²) in [6, 6.07) is 4.70. The van der Waals surface area contributed by atoms with E-state index in [4.69, 9.17) is 4.74 Å². The number of thiophene rings is 1. The first-order valence-electron chi connectivity index (χ1n) is 6.83. The first-order chi connectivity index (χ1) is 9.69. The van der Waals surface area contributed by atoms with Gasteiger partial charge in [0.2, 0.25) is 0 Å². The Labute approximate surface area is 132 Å². The van der Waals surface area contributed by atoms with E-state index in [2.05, 4.69) is 51.1 Å². The molecule has 1 aromatic heterocycles. The molecule has 2 nitrogen and oxygen atoms in total. The van der Waals surface area contributed by atoms with Crippen molar-refractivity contribution >= 4 is 27.3 Å². The maximum absolute atomic E-state index is 5.83. The Kier molecular flexibility index (Phi) is 4.15. The second kappa shape index (κ2) is 5.88. The molecule has 0 fully saturated rings. The molecule has 1 aromatic carbocycles. The maximum atomic E-state index is 5.83. The van der Waals surface area contributed by atoms with Gasteiger partial charge in [0, 0.05) is 16.9 Å². The van der Waals surface area contributed by atoms with Gasteiger partial charge in [0.1, 0.15) is 5.75 Å². The van der Waals surface area contributed by atoms with E-state index in [0.29, 0.717) is 6.04 Å². The van der Waals surface area contributed by atoms with Crippen molar-refractivity contribution < 1.29 is 4.74 Å². The van der Waals surface area contributed by atoms with Crippen LogP contribution in [0.5, 0.6) is 5.75 Å². The number of benzene rings is 1. The Morgan fingerprint density at radius 1 is 1.40 bits per heavy atom. The van der Waals surface area contributed by atoms with Crippen LogP contribution >= 0.6 is 27.3 Å². The quantitative estimate of drug-likeness (QED) is 0.888. The minimum absolute atomic E-state index is 0.337. The van der Waals surface area contributed by atoms with Gasteiger partial charge in [0.05, 0.1) is 6.61 Å². The average Bonchev–Trinajstić information content (AvgIpc) is 3.04. The number of likely N-dealkylation sites (N-methyl/N-ethyl adjacent to an activating group) is 1. The fourth-order valence-corrected chi connectivity index (χ4v) is 4.27. The van der Waals surface area contributed by atoms with Crippen molar-refractivity contribution in [3.8, 4) is 5.75 Å². The lowest BCUT2D eigenvalue weighted by molar-refractivity contribution is 0.352. The van der Waals surface area contributed by atoms with Crippen molar-refractivity contribution in [2.75, 3.05) is 13.7 Å². The molecule has 106 valence electrons. The summed E-state index contributed by atoms with van der Waals surface area (Å²) in [6.07, 6.45) is 1.97. The molecule has 1 aliphatic rings. The minimum atomic E-state index is 0.337. The van der Waals surface area contributed by atoms with Gasteiger partial charge in [0.15, 0.2) is 0 Å². The Bertz CT molecular complexity index is 623. The molecule has 1 N–H and O–H groups in total. The van der Waals surface area contributed by atoms with Crippen LogP contribution in [0.15, 0.2) is 27.4 Å². The highest BCUT2D eigenvalue weighted by Gasteiger charge is 2.21. The van der Waals surface area contributed by atoms with Gasteiger partial charge in [-0.15, -0.1) is 0 Å². The van der Waals surface area contributed by atoms with Crippen molar-refractivity contribution in [3.63, 3.8) is 0 Å². The Morgan fingerprint density at radius 3 is 2.95 bits per heavy atom. The lowest BCUT2D eigenvalue weighted by Gasteiger charge is -2.18. The van der Waals surface area contributed by atoms with E-state index in [1.807, 2.05) is 7.05 Å². The van der Waals surface area contributed by atoms with Crippen molar-refractivity contribution in [3.05, 3.63) is 49.6 Å². The van der Waals surface area contributed by atoms with Crippen molar-refractivity contribution in [2.24, 2.45) is 0 Å². The number of nitrogens with one attached hydrogen (secondary N) is 1. The standard InChI is InChI=1S/C16H18BrNOS/c1-10-8-20-9-14(10)15(18-2)7-12-6-13(17)5-11-3-4-19-16(11)12/h5-6,8-9,15,18H,3-4,7H2,1-2H3. The van der Waals surface area contributed by atoms with Crippen LogP contribution in [0.3, 0.4) is 0 Å². The molecule has 0 saturated carbocycles. The Hall–Kier alpha value is -0.840. The lowest BCUT2D eigenvalue weighted by atomic mass is 9.96. The molecule has 1 unspecified atom stereocenters. The van der Waals surface area contributed by atoms with E-state index in [-0.39, 0.29) is 0 Å². The Balaban J connectivity index is 1.92. The second-order valence-electron chi connectivity index (χ2n) is 5.21. The largest absolute Gasteiger partial charge is 0.493 e. The number of hydrogen-bond acceptors (Lipinski definition) is 3. The summed E-state index contributed by atoms with van der Waals surface area (Å²) in [5, 5.41) is 7.90. The topological polar surface area (TPSA) is 21.3 Å². The van der Waals surface area contributed by atoms with Gasteiger partial charge in [-0.25, -0.2) is 0 Å². The third-order valence-corrected chi connectivity index (χ3v) is 5.21. The van der Waals surface area contributed by atoms with Gasteiger partial charge in [-0.3, -0.25) is 0 Å². The van der Waals surface area contributed by atoms with Gasteiger partial charge < -0.3 is 10.1 Å². The van der Waals surface area contributed by atoms with E-state index in [9.17, 15) is 0 Å². The van der Waals surface area contributed by atoms with Crippen LogP contribution < -0.4 is 10.1 Å². The molecule has 2 aromatic rings. The van der Waals surface area contributed by atoms with E-state index < -0.39 is 0 Å². The molecule has 4 heteroatoms. The molecular formula is C16H18BrNOS. The van der Waals surface area contributed by atoms with Crippen LogP contribution in [0.1, 0.15) is 28.3 Å². The first-order valence-corrected chi connectivity index (χ1v) is 8.56. The van der Waals surface area contributed by atoms with E-state index in [0.717, 1.165) is 29.7 Å². The summed E-state index contributed by atoms with van der Waals surface area (Å²) >= 11 is 5.39. The number of ether oxygens (including phenoxy) is 1. The average molecular weight is 352 g/mol. The van der Waals surface area contributed by atoms with Gasteiger partial charge in [-0.2, -0.15) is 11.3 Å². The molecule has 3 rings (SSSR count). The molecule has 0 aliphatic carbocycles. The minimum Gasteiger partial charge on any atom is -0.493 e. The zero-order chi connectivity index (χ0) is 14.1. The Morgan fingerprint density at radius 2 is 2.25 bits per heavy atom. The van der Waals surface area contributed by atoms with Gasteiger partial charge in [-0.1, -0.05) is 15.9 Å². The number of halogens is 1. The number of rotatable bonds is 4. The van der Waals surface area contributed by atoms with Crippen molar-refractivity contribution in [2.45, 2.75) is 25.8 Å². The molecule has 20 heavy (non-hydrogen) atoms. The molecule has 0 spiro atoms. The molecule has 0 radical (unpaired) electrons. The lowest BCUT2D eigenvalue weighted by Crippen LogP contribution is -2.19. The zero-order valence-electron chi connectivity index (χ0n) is 11.7. The van der Waals surface area contributed by atoms with Crippen molar-refractivity contribution in [1.82, 2.24) is 5.32 Å². The first kappa shape index (κ1) is 14.1. The van der Waals surface area contributed by atoms with Gasteiger partial charge in [0.25, 0.3) is 0 Å². The van der Waals surface area contributed by atoms with Crippen molar-refractivity contribution in [1.29, 1.82) is 0 Å². The summed E-state index contributed by atoms with van der Waals surface area (Å²) in [6.45, 7) is 2.98. The third kappa shape index (κ3) is 2.65. The van der Waals surface area contributed by atoms with E-state index in [1.54, 1.807) is 11.3 Å². The van der Waals surface area contributed by atoms with Crippen LogP contribution in [0.25, 0.3) is 0 Å². The van der Waals surface area contributed by atoms with Crippen LogP contribution in [0, 0.1) is 6.92 Å². The molecule has 0 bridgehead atoms. The molecule has 2 heterocycles. The SMILES string of the molecule is CNC(Cc1cc(Br)cc2c1OCC2)c1cscc1C. The van der Waals surface area contributed by atoms with Gasteiger partial charge >= 0.3 is 0 Å². The molecule has 0 amide bonds. The fourth-order valence-electron chi connectivity index (χ4n) is 2.81. The predicted octanol–water partition coefficient (Wildman–Crippen LogP) is 4.26.